The number of rotatable bonds is 4. The molecule has 1 aliphatic heterocycles. The Bertz CT molecular complexity index is 456. The number of nitrogens with one attached hydrogen (secondary N) is 2. The summed E-state index contributed by atoms with van der Waals surface area (Å²) in [5.74, 6) is 0.227. The van der Waals surface area contributed by atoms with Gasteiger partial charge < -0.3 is 10.6 Å². The van der Waals surface area contributed by atoms with Crippen LogP contribution in [0, 0.1) is 11.7 Å². The molecule has 0 bridgehead atoms. The number of halogens is 2. The summed E-state index contributed by atoms with van der Waals surface area (Å²) >= 11 is 0. The highest BCUT2D eigenvalue weighted by atomic mass is 35.5. The minimum atomic E-state index is -0.643. The first kappa shape index (κ1) is 17.9. The average Bonchev–Trinajstić information content (AvgIpc) is 2.46. The molecule has 2 rings (SSSR count). The highest BCUT2D eigenvalue weighted by Crippen LogP contribution is 2.23. The third kappa shape index (κ3) is 4.68. The van der Waals surface area contributed by atoms with Crippen molar-refractivity contribution in [3.8, 4) is 0 Å². The van der Waals surface area contributed by atoms with Gasteiger partial charge in [-0.2, -0.15) is 0 Å². The lowest BCUT2D eigenvalue weighted by molar-refractivity contribution is -0.125. The summed E-state index contributed by atoms with van der Waals surface area (Å²) in [4.78, 5) is 12.4. The van der Waals surface area contributed by atoms with Crippen LogP contribution in [-0.2, 0) is 10.2 Å². The fourth-order valence-corrected chi connectivity index (χ4v) is 2.55. The summed E-state index contributed by atoms with van der Waals surface area (Å²) in [6.07, 6.45) is 2.33. The van der Waals surface area contributed by atoms with Gasteiger partial charge in [0.25, 0.3) is 0 Å². The lowest BCUT2D eigenvalue weighted by Gasteiger charge is -2.27. The van der Waals surface area contributed by atoms with Gasteiger partial charge in [-0.25, -0.2) is 4.39 Å². The fourth-order valence-electron chi connectivity index (χ4n) is 2.55. The zero-order chi connectivity index (χ0) is 14.6. The van der Waals surface area contributed by atoms with Crippen LogP contribution in [0.15, 0.2) is 24.3 Å². The predicted octanol–water partition coefficient (Wildman–Crippen LogP) is 2.64. The maximum Gasteiger partial charge on any atom is 0.230 e. The normalized spacial score (nSPS) is 18.7. The number of carbonyl (C=O) groups is 1. The van der Waals surface area contributed by atoms with Crippen LogP contribution in [0.2, 0.25) is 0 Å². The molecule has 1 saturated heterocycles. The monoisotopic (exact) mass is 314 g/mol. The Morgan fingerprint density at radius 1 is 1.38 bits per heavy atom. The molecule has 1 aromatic carbocycles. The van der Waals surface area contributed by atoms with Gasteiger partial charge in [-0.15, -0.1) is 12.4 Å². The van der Waals surface area contributed by atoms with Crippen molar-refractivity contribution in [2.75, 3.05) is 19.6 Å². The van der Waals surface area contributed by atoms with E-state index in [0.717, 1.165) is 25.1 Å². The molecule has 1 fully saturated rings. The Morgan fingerprint density at radius 2 is 2.05 bits per heavy atom. The topological polar surface area (TPSA) is 41.1 Å². The van der Waals surface area contributed by atoms with Crippen molar-refractivity contribution in [1.82, 2.24) is 10.6 Å². The van der Waals surface area contributed by atoms with Crippen molar-refractivity contribution in [2.24, 2.45) is 5.92 Å². The molecule has 1 unspecified atom stereocenters. The number of carbonyl (C=O) groups excluding carboxylic acids is 1. The number of amides is 1. The van der Waals surface area contributed by atoms with Gasteiger partial charge in [0.05, 0.1) is 5.41 Å². The predicted molar refractivity (Wildman–Crippen MR) is 85.3 cm³/mol. The molecule has 1 atom stereocenters. The van der Waals surface area contributed by atoms with Crippen LogP contribution in [0.5, 0.6) is 0 Å². The smallest absolute Gasteiger partial charge is 0.230 e. The maximum absolute atomic E-state index is 13.0. The number of hydrogen-bond donors (Lipinski definition) is 2. The fraction of sp³-hybridized carbons (Fsp3) is 0.562. The van der Waals surface area contributed by atoms with Gasteiger partial charge in [0.1, 0.15) is 5.82 Å². The highest BCUT2D eigenvalue weighted by molar-refractivity contribution is 5.87. The van der Waals surface area contributed by atoms with Gasteiger partial charge in [-0.1, -0.05) is 12.1 Å². The summed E-state index contributed by atoms with van der Waals surface area (Å²) in [6, 6.07) is 6.15. The molecule has 3 nitrogen and oxygen atoms in total. The SMILES string of the molecule is CC(C)(C(=O)NCC1CCCNC1)c1ccc(F)cc1.Cl. The molecule has 2 N–H and O–H groups in total. The van der Waals surface area contributed by atoms with Crippen LogP contribution in [0.25, 0.3) is 0 Å². The van der Waals surface area contributed by atoms with Gasteiger partial charge >= 0.3 is 0 Å². The first-order valence-electron chi connectivity index (χ1n) is 7.25. The second kappa shape index (κ2) is 7.76. The Balaban J connectivity index is 0.00000220. The molecule has 118 valence electrons. The quantitative estimate of drug-likeness (QED) is 0.897. The molecule has 0 radical (unpaired) electrons. The summed E-state index contributed by atoms with van der Waals surface area (Å²) in [7, 11) is 0. The molecule has 0 aromatic heterocycles. The molecule has 21 heavy (non-hydrogen) atoms. The second-order valence-corrected chi connectivity index (χ2v) is 6.05. The molecule has 0 aliphatic carbocycles. The lowest BCUT2D eigenvalue weighted by atomic mass is 9.83. The highest BCUT2D eigenvalue weighted by Gasteiger charge is 2.30. The summed E-state index contributed by atoms with van der Waals surface area (Å²) in [6.45, 7) is 6.49. The molecular formula is C16H24ClFN2O. The zero-order valence-corrected chi connectivity index (χ0v) is 13.4. The maximum atomic E-state index is 13.0. The Kier molecular flexibility index (Phi) is 6.62. The summed E-state index contributed by atoms with van der Waals surface area (Å²) in [5.41, 5.74) is 0.189. The Labute approximate surface area is 132 Å². The Morgan fingerprint density at radius 3 is 2.62 bits per heavy atom. The van der Waals surface area contributed by atoms with Crippen molar-refractivity contribution in [1.29, 1.82) is 0 Å². The van der Waals surface area contributed by atoms with Crippen LogP contribution in [-0.4, -0.2) is 25.5 Å². The zero-order valence-electron chi connectivity index (χ0n) is 12.6. The van der Waals surface area contributed by atoms with E-state index >= 15 is 0 Å². The van der Waals surface area contributed by atoms with E-state index in [0.29, 0.717) is 12.5 Å². The Hall–Kier alpha value is -1.13. The minimum absolute atomic E-state index is 0. The van der Waals surface area contributed by atoms with Crippen LogP contribution in [0.4, 0.5) is 4.39 Å². The number of benzene rings is 1. The molecule has 0 saturated carbocycles. The van der Waals surface area contributed by atoms with E-state index in [2.05, 4.69) is 10.6 Å². The van der Waals surface area contributed by atoms with Crippen LogP contribution < -0.4 is 10.6 Å². The number of hydrogen-bond acceptors (Lipinski definition) is 2. The van der Waals surface area contributed by atoms with Gasteiger partial charge in [0, 0.05) is 6.54 Å². The molecule has 5 heteroatoms. The molecule has 1 heterocycles. The second-order valence-electron chi connectivity index (χ2n) is 6.05. The van der Waals surface area contributed by atoms with Crippen molar-refractivity contribution in [3.63, 3.8) is 0 Å². The average molecular weight is 315 g/mol. The van der Waals surface area contributed by atoms with E-state index in [1.165, 1.54) is 18.6 Å². The van der Waals surface area contributed by atoms with Crippen molar-refractivity contribution < 1.29 is 9.18 Å². The van der Waals surface area contributed by atoms with Crippen molar-refractivity contribution in [3.05, 3.63) is 35.6 Å². The van der Waals surface area contributed by atoms with Gasteiger partial charge in [0.15, 0.2) is 0 Å². The van der Waals surface area contributed by atoms with Crippen LogP contribution in [0.3, 0.4) is 0 Å². The third-order valence-electron chi connectivity index (χ3n) is 4.08. The molecular weight excluding hydrogens is 291 g/mol. The van der Waals surface area contributed by atoms with Crippen LogP contribution in [0.1, 0.15) is 32.3 Å². The van der Waals surface area contributed by atoms with E-state index in [1.807, 2.05) is 13.8 Å². The largest absolute Gasteiger partial charge is 0.355 e. The van der Waals surface area contributed by atoms with E-state index < -0.39 is 5.41 Å². The van der Waals surface area contributed by atoms with Crippen LogP contribution >= 0.6 is 12.4 Å². The molecule has 0 spiro atoms. The third-order valence-corrected chi connectivity index (χ3v) is 4.08. The van der Waals surface area contributed by atoms with Crippen molar-refractivity contribution >= 4 is 18.3 Å². The summed E-state index contributed by atoms with van der Waals surface area (Å²) < 4.78 is 13.0. The molecule has 1 amide bonds. The summed E-state index contributed by atoms with van der Waals surface area (Å²) in [5, 5.41) is 6.38. The van der Waals surface area contributed by atoms with E-state index in [1.54, 1.807) is 12.1 Å². The minimum Gasteiger partial charge on any atom is -0.355 e. The first-order valence-corrected chi connectivity index (χ1v) is 7.25. The first-order chi connectivity index (χ1) is 9.50. The van der Waals surface area contributed by atoms with Crippen molar-refractivity contribution in [2.45, 2.75) is 32.1 Å². The molecule has 1 aromatic rings. The number of piperidine rings is 1. The standard InChI is InChI=1S/C16H23FN2O.ClH/c1-16(2,13-5-7-14(17)8-6-13)15(20)19-11-12-4-3-9-18-10-12;/h5-8,12,18H,3-4,9-11H2,1-2H3,(H,19,20);1H. The lowest BCUT2D eigenvalue weighted by Crippen LogP contribution is -2.44. The van der Waals surface area contributed by atoms with Gasteiger partial charge in [0.2, 0.25) is 5.91 Å². The van der Waals surface area contributed by atoms with E-state index in [4.69, 9.17) is 0 Å². The molecule has 1 aliphatic rings. The van der Waals surface area contributed by atoms with E-state index in [-0.39, 0.29) is 24.1 Å². The van der Waals surface area contributed by atoms with Gasteiger partial charge in [-0.05, 0) is 63.4 Å². The van der Waals surface area contributed by atoms with Gasteiger partial charge in [-0.3, -0.25) is 4.79 Å². The van der Waals surface area contributed by atoms with E-state index in [9.17, 15) is 9.18 Å².